The van der Waals surface area contributed by atoms with Gasteiger partial charge in [0.05, 0.1) is 17.2 Å². The molecule has 1 aromatic heterocycles. The van der Waals surface area contributed by atoms with Crippen molar-refractivity contribution in [3.05, 3.63) is 136 Å². The number of benzene rings is 4. The minimum atomic E-state index is -0.507. The molecule has 1 atom stereocenters. The molecule has 0 saturated heterocycles. The number of anilines is 1. The van der Waals surface area contributed by atoms with Gasteiger partial charge in [0.2, 0.25) is 0 Å². The largest absolute Gasteiger partial charge is 0.508 e. The molecule has 10 heteroatoms. The van der Waals surface area contributed by atoms with Gasteiger partial charge in [-0.3, -0.25) is 9.59 Å². The number of aromatic hydroxyl groups is 1. The van der Waals surface area contributed by atoms with Crippen molar-refractivity contribution in [2.24, 2.45) is 7.05 Å². The van der Waals surface area contributed by atoms with Crippen LogP contribution < -0.4 is 9.64 Å². The molecule has 0 aliphatic carbocycles. The van der Waals surface area contributed by atoms with Crippen LogP contribution in [-0.4, -0.2) is 57.0 Å². The second kappa shape index (κ2) is 13.8. The van der Waals surface area contributed by atoms with E-state index in [0.29, 0.717) is 47.6 Å². The van der Waals surface area contributed by atoms with Gasteiger partial charge in [0.1, 0.15) is 11.5 Å². The van der Waals surface area contributed by atoms with Crippen molar-refractivity contribution in [3.63, 3.8) is 0 Å². The molecule has 5 aromatic rings. The van der Waals surface area contributed by atoms with Crippen molar-refractivity contribution in [2.75, 3.05) is 18.5 Å². The summed E-state index contributed by atoms with van der Waals surface area (Å²) in [5.74, 6) is 0.129. The van der Waals surface area contributed by atoms with Gasteiger partial charge in [-0.15, -0.1) is 0 Å². The number of hydrogen-bond acceptors (Lipinski definition) is 6. The van der Waals surface area contributed by atoms with Crippen molar-refractivity contribution in [3.8, 4) is 28.8 Å². The molecule has 2 aliphatic rings. The van der Waals surface area contributed by atoms with Crippen LogP contribution in [0.3, 0.4) is 0 Å². The number of rotatable bonds is 5. The highest BCUT2D eigenvalue weighted by atomic mass is 16.6. The quantitative estimate of drug-likeness (QED) is 0.212. The summed E-state index contributed by atoms with van der Waals surface area (Å²) in [6.07, 6.45) is 0.779. The molecule has 0 spiro atoms. The lowest BCUT2D eigenvalue weighted by molar-refractivity contribution is 0.0658. The van der Waals surface area contributed by atoms with E-state index in [4.69, 9.17) is 10.00 Å². The first-order valence-corrected chi connectivity index (χ1v) is 17.3. The van der Waals surface area contributed by atoms with Gasteiger partial charge < -0.3 is 29.1 Å². The summed E-state index contributed by atoms with van der Waals surface area (Å²) in [6.45, 7) is 5.11. The lowest BCUT2D eigenvalue weighted by Gasteiger charge is -2.36. The molecular weight excluding hydrogens is 654 g/mol. The molecular formula is C42H39N5O5. The Labute approximate surface area is 302 Å². The van der Waals surface area contributed by atoms with Gasteiger partial charge in [-0.1, -0.05) is 24.3 Å². The molecule has 4 aromatic carbocycles. The number of carbonyl (C=O) groups is 3. The van der Waals surface area contributed by atoms with E-state index in [-0.39, 0.29) is 30.2 Å². The summed E-state index contributed by atoms with van der Waals surface area (Å²) in [7, 11) is 3.60. The van der Waals surface area contributed by atoms with E-state index in [1.165, 1.54) is 5.56 Å². The maximum Gasteiger partial charge on any atom is 0.415 e. The monoisotopic (exact) mass is 693 g/mol. The number of hydrogen-bond donors (Lipinski definition) is 1. The molecule has 0 unspecified atom stereocenters. The number of carbonyl (C=O) groups excluding carboxylic acids is 3. The average molecular weight is 694 g/mol. The van der Waals surface area contributed by atoms with Gasteiger partial charge in [0.15, 0.2) is 0 Å². The fourth-order valence-corrected chi connectivity index (χ4v) is 7.17. The van der Waals surface area contributed by atoms with Crippen molar-refractivity contribution < 1.29 is 24.2 Å². The number of fused-ring (bicyclic) bond motifs is 2. The number of nitriles is 1. The third-order valence-corrected chi connectivity index (χ3v) is 10.4. The van der Waals surface area contributed by atoms with Gasteiger partial charge in [0, 0.05) is 68.0 Å². The smallest absolute Gasteiger partial charge is 0.415 e. The van der Waals surface area contributed by atoms with Crippen molar-refractivity contribution in [1.82, 2.24) is 14.4 Å². The zero-order valence-corrected chi connectivity index (χ0v) is 29.6. The van der Waals surface area contributed by atoms with Crippen LogP contribution in [-0.2, 0) is 33.0 Å². The van der Waals surface area contributed by atoms with Gasteiger partial charge in [-0.2, -0.15) is 5.26 Å². The third-order valence-electron chi connectivity index (χ3n) is 10.4. The highest BCUT2D eigenvalue weighted by molar-refractivity contribution is 6.08. The number of aromatic nitrogens is 1. The number of ether oxygens (including phenoxy) is 1. The Morgan fingerprint density at radius 1 is 0.885 bits per heavy atom. The van der Waals surface area contributed by atoms with Crippen LogP contribution in [0.4, 0.5) is 10.5 Å². The summed E-state index contributed by atoms with van der Waals surface area (Å²) in [5, 5.41) is 18.9. The standard InChI is InChI=1S/C42H39N5O5/c1-26-19-29-7-5-6-8-31(29)25-47(26)41(50)38-21-32-24-46(42(51)52-35-15-9-28(23-43)10-16-35)18-17-30(32)20-37(38)39-22-36(27(2)44(39)3)40(49)45(4)33-11-13-34(48)14-12-33/h5-16,20-22,26,48H,17-19,24-25H2,1-4H3/t26-/m1/s1. The summed E-state index contributed by atoms with van der Waals surface area (Å²) in [4.78, 5) is 47.0. The predicted octanol–water partition coefficient (Wildman–Crippen LogP) is 7.00. The maximum absolute atomic E-state index is 14.8. The van der Waals surface area contributed by atoms with Gasteiger partial charge in [0.25, 0.3) is 11.8 Å². The molecule has 262 valence electrons. The molecule has 0 bridgehead atoms. The van der Waals surface area contributed by atoms with Gasteiger partial charge in [-0.25, -0.2) is 4.79 Å². The Bertz CT molecular complexity index is 2250. The number of nitrogens with zero attached hydrogens (tertiary/aromatic N) is 5. The first-order valence-electron chi connectivity index (χ1n) is 17.3. The van der Waals surface area contributed by atoms with Crippen LogP contribution in [0, 0.1) is 18.3 Å². The minimum Gasteiger partial charge on any atom is -0.508 e. The molecule has 3 amide bonds. The molecule has 3 heterocycles. The van der Waals surface area contributed by atoms with E-state index >= 15 is 0 Å². The molecule has 7 rings (SSSR count). The molecule has 1 N–H and O–H groups in total. The molecule has 2 aliphatic heterocycles. The van der Waals surface area contributed by atoms with Crippen LogP contribution >= 0.6 is 0 Å². The van der Waals surface area contributed by atoms with E-state index in [0.717, 1.165) is 40.1 Å². The molecule has 10 nitrogen and oxygen atoms in total. The Kier molecular flexibility index (Phi) is 9.03. The zero-order valence-electron chi connectivity index (χ0n) is 29.6. The number of phenolic OH excluding ortho intramolecular Hbond substituents is 1. The second-order valence-electron chi connectivity index (χ2n) is 13.6. The number of phenols is 1. The highest BCUT2D eigenvalue weighted by Crippen LogP contribution is 2.36. The Morgan fingerprint density at radius 3 is 2.31 bits per heavy atom. The lowest BCUT2D eigenvalue weighted by Crippen LogP contribution is -2.43. The fourth-order valence-electron chi connectivity index (χ4n) is 7.17. The topological polar surface area (TPSA) is 119 Å². The van der Waals surface area contributed by atoms with Crippen molar-refractivity contribution >= 4 is 23.6 Å². The first kappa shape index (κ1) is 34.1. The molecule has 0 radical (unpaired) electrons. The van der Waals surface area contributed by atoms with Crippen LogP contribution in [0.15, 0.2) is 91.0 Å². The normalized spacial score (nSPS) is 14.9. The summed E-state index contributed by atoms with van der Waals surface area (Å²) < 4.78 is 7.60. The van der Waals surface area contributed by atoms with Crippen LogP contribution in [0.2, 0.25) is 0 Å². The summed E-state index contributed by atoms with van der Waals surface area (Å²) in [6, 6.07) is 28.9. The molecule has 0 saturated carbocycles. The summed E-state index contributed by atoms with van der Waals surface area (Å²) in [5.41, 5.74) is 8.54. The Balaban J connectivity index is 1.26. The fraction of sp³-hybridized carbons (Fsp3) is 0.238. The average Bonchev–Trinajstić information content (AvgIpc) is 3.46. The van der Waals surface area contributed by atoms with Gasteiger partial charge in [-0.05, 0) is 116 Å². The minimum absolute atomic E-state index is 0.0450. The van der Waals surface area contributed by atoms with E-state index in [1.54, 1.807) is 65.4 Å². The van der Waals surface area contributed by atoms with Crippen molar-refractivity contribution in [1.29, 1.82) is 5.26 Å². The van der Waals surface area contributed by atoms with E-state index in [9.17, 15) is 19.5 Å². The van der Waals surface area contributed by atoms with E-state index < -0.39 is 6.09 Å². The number of amides is 3. The van der Waals surface area contributed by atoms with Crippen LogP contribution in [0.1, 0.15) is 61.2 Å². The summed E-state index contributed by atoms with van der Waals surface area (Å²) >= 11 is 0. The third kappa shape index (κ3) is 6.37. The highest BCUT2D eigenvalue weighted by Gasteiger charge is 2.32. The molecule has 52 heavy (non-hydrogen) atoms. The van der Waals surface area contributed by atoms with Gasteiger partial charge >= 0.3 is 6.09 Å². The predicted molar refractivity (Wildman–Crippen MR) is 197 cm³/mol. The van der Waals surface area contributed by atoms with Crippen molar-refractivity contribution in [2.45, 2.75) is 45.8 Å². The maximum atomic E-state index is 14.8. The lowest BCUT2D eigenvalue weighted by atomic mass is 9.90. The SMILES string of the molecule is Cc1c(C(=O)N(C)c2ccc(O)cc2)cc(-c2cc3c(cc2C(=O)N2Cc4ccccc4C[C@H]2C)CN(C(=O)Oc2ccc(C#N)cc2)CC3)n1C. The van der Waals surface area contributed by atoms with E-state index in [2.05, 4.69) is 25.1 Å². The van der Waals surface area contributed by atoms with E-state index in [1.807, 2.05) is 53.8 Å². The molecule has 0 fully saturated rings. The zero-order chi connectivity index (χ0) is 36.7. The van der Waals surface area contributed by atoms with Crippen LogP contribution in [0.25, 0.3) is 11.3 Å². The Morgan fingerprint density at radius 2 is 1.60 bits per heavy atom. The Hall–Kier alpha value is -6.34. The van der Waals surface area contributed by atoms with Crippen LogP contribution in [0.5, 0.6) is 11.5 Å². The second-order valence-corrected chi connectivity index (χ2v) is 13.6. The first-order chi connectivity index (χ1) is 25.0.